The van der Waals surface area contributed by atoms with Gasteiger partial charge < -0.3 is 0 Å². The normalized spacial score (nSPS) is 11.3. The number of hydrogen-bond acceptors (Lipinski definition) is 11. The van der Waals surface area contributed by atoms with E-state index in [2.05, 4.69) is 211 Å². The molecule has 20 aromatic rings. The highest BCUT2D eigenvalue weighted by Crippen LogP contribution is 2.39. The minimum Gasteiger partial charge on any atom is -0.294 e. The largest absolute Gasteiger partial charge is 0.294 e. The van der Waals surface area contributed by atoms with Crippen molar-refractivity contribution in [2.75, 3.05) is 0 Å². The molecular weight excluding hydrogens is 1530 g/mol. The van der Waals surface area contributed by atoms with Crippen LogP contribution in [0.2, 0.25) is 0 Å². The summed E-state index contributed by atoms with van der Waals surface area (Å²) >= 11 is 10.9. The Bertz CT molecular complexity index is 6260. The van der Waals surface area contributed by atoms with Crippen molar-refractivity contribution in [1.82, 2.24) is 68.5 Å². The molecule has 0 saturated heterocycles. The number of benzene rings is 9. The summed E-state index contributed by atoms with van der Waals surface area (Å²) in [6.45, 7) is 0. The summed E-state index contributed by atoms with van der Waals surface area (Å²) in [7, 11) is 0. The monoisotopic (exact) mass is 1580 g/mol. The summed E-state index contributed by atoms with van der Waals surface area (Å²) in [6.07, 6.45) is 9.07. The van der Waals surface area contributed by atoms with E-state index in [0.717, 1.165) is 158 Å². The van der Waals surface area contributed by atoms with E-state index in [-0.39, 0.29) is 0 Å². The molecule has 20 rings (SSSR count). The average molecular weight is 1590 g/mol. The second-order valence-corrected chi connectivity index (χ2v) is 28.2. The Morgan fingerprint density at radius 1 is 0.194 bits per heavy atom. The number of pyridine rings is 6. The first-order valence-corrected chi connectivity index (χ1v) is 37.2. The number of halogens is 3. The molecule has 512 valence electrons. The molecule has 0 aliphatic rings. The maximum Gasteiger partial charge on any atom is 0.164 e. The number of aromatic nitrogens is 14. The van der Waals surface area contributed by atoms with Crippen molar-refractivity contribution in [2.45, 2.75) is 0 Å². The molecule has 17 heteroatoms. The van der Waals surface area contributed by atoms with Gasteiger partial charge in [0, 0.05) is 121 Å². The number of nitrogens with zero attached hydrogens (tertiary/aromatic N) is 14. The Hall–Kier alpha value is -13.2. The Kier molecular flexibility index (Phi) is 18.2. The van der Waals surface area contributed by atoms with Crippen LogP contribution in [-0.2, 0) is 0 Å². The zero-order chi connectivity index (χ0) is 72.4. The van der Waals surface area contributed by atoms with Crippen molar-refractivity contribution in [1.29, 1.82) is 0 Å². The Morgan fingerprint density at radius 2 is 0.537 bits per heavy atom. The lowest BCUT2D eigenvalue weighted by Crippen LogP contribution is -2.01. The maximum absolute atomic E-state index is 5.02. The van der Waals surface area contributed by atoms with Crippen molar-refractivity contribution in [3.63, 3.8) is 0 Å². The molecule has 0 fully saturated rings. The Labute approximate surface area is 645 Å². The quantitative estimate of drug-likeness (QED) is 0.121. The van der Waals surface area contributed by atoms with E-state index in [1.807, 2.05) is 195 Å². The molecule has 0 spiro atoms. The molecule has 108 heavy (non-hydrogen) atoms. The van der Waals surface area contributed by atoms with E-state index < -0.39 is 0 Å². The molecule has 11 aromatic heterocycles. The van der Waals surface area contributed by atoms with E-state index >= 15 is 0 Å². The molecule has 0 atom stereocenters. The van der Waals surface area contributed by atoms with Gasteiger partial charge in [0.25, 0.3) is 0 Å². The van der Waals surface area contributed by atoms with Crippen LogP contribution in [0, 0.1) is 0 Å². The topological polar surface area (TPSA) is 157 Å². The predicted molar refractivity (Wildman–Crippen MR) is 445 cm³/mol. The molecule has 0 saturated carbocycles. The van der Waals surface area contributed by atoms with Gasteiger partial charge in [0.15, 0.2) is 23.3 Å². The smallest absolute Gasteiger partial charge is 0.164 e. The van der Waals surface area contributed by atoms with Crippen LogP contribution in [0.15, 0.2) is 360 Å². The van der Waals surface area contributed by atoms with Gasteiger partial charge in [0.05, 0.1) is 56.4 Å². The fourth-order valence-electron chi connectivity index (χ4n) is 13.8. The van der Waals surface area contributed by atoms with Gasteiger partial charge in [-0.15, -0.1) is 0 Å². The Morgan fingerprint density at radius 3 is 0.954 bits per heavy atom. The second-order valence-electron chi connectivity index (χ2n) is 25.5. The molecular formula is C91H57Br3N14. The number of fused-ring (bicyclic) bond motifs is 9. The highest BCUT2D eigenvalue weighted by atomic mass is 79.9. The molecule has 9 aromatic carbocycles. The van der Waals surface area contributed by atoms with Crippen LogP contribution in [0.25, 0.3) is 174 Å². The molecule has 0 radical (unpaired) electrons. The molecule has 0 N–H and O–H groups in total. The lowest BCUT2D eigenvalue weighted by molar-refractivity contribution is 1.07. The molecule has 0 unspecified atom stereocenters. The minimum absolute atomic E-state index is 0.620. The molecule has 11 heterocycles. The van der Waals surface area contributed by atoms with Crippen LogP contribution >= 0.6 is 47.8 Å². The van der Waals surface area contributed by atoms with Crippen LogP contribution in [0.4, 0.5) is 0 Å². The number of rotatable bonds is 11. The second kappa shape index (κ2) is 29.4. The first-order valence-electron chi connectivity index (χ1n) is 34.8. The highest BCUT2D eigenvalue weighted by Gasteiger charge is 2.21. The zero-order valence-electron chi connectivity index (χ0n) is 57.3. The van der Waals surface area contributed by atoms with Gasteiger partial charge in [-0.2, -0.15) is 0 Å². The summed E-state index contributed by atoms with van der Waals surface area (Å²) in [4.78, 5) is 52.8. The summed E-state index contributed by atoms with van der Waals surface area (Å²) in [6, 6.07) is 106. The van der Waals surface area contributed by atoms with E-state index in [1.165, 1.54) is 5.39 Å². The standard InChI is InChI=1S/C33H21BrN4.C32H20BrN5.C26H16BrN5/c34-25-16-17-27-28-15-8-18-35-33(28)38(31(27)20-25)26-14-7-13-24(19-26)30-21-29(22-9-3-1-4-10-22)36-32(37-30)23-11-5-2-6-12-23;33-24-16-17-26-27-15-8-18-34-32(27)38(28(26)20-24)25-14-7-13-23(19-25)31-36-29(21-9-3-1-4-10-21)35-30(37-31)22-11-5-2-6-12-22;27-17-9-10-19-20-6-5-13-30-26(20)32(25(19)14-17)18-15-23(21-7-1-3-11-28-21)31-24(16-18)22-8-2-4-12-29-22/h1-21H;1-20H;1-16H. The number of hydrogen-bond donors (Lipinski definition) is 0. The maximum atomic E-state index is 5.02. The van der Waals surface area contributed by atoms with Crippen LogP contribution < -0.4 is 0 Å². The van der Waals surface area contributed by atoms with Gasteiger partial charge in [0.2, 0.25) is 0 Å². The van der Waals surface area contributed by atoms with Crippen LogP contribution in [0.3, 0.4) is 0 Å². The molecule has 0 amide bonds. The summed E-state index contributed by atoms with van der Waals surface area (Å²) in [5, 5.41) is 6.80. The highest BCUT2D eigenvalue weighted by molar-refractivity contribution is 9.11. The predicted octanol–water partition coefficient (Wildman–Crippen LogP) is 23.3. The van der Waals surface area contributed by atoms with Gasteiger partial charge in [-0.05, 0) is 140 Å². The third-order valence-electron chi connectivity index (χ3n) is 18.7. The fraction of sp³-hybridized carbons (Fsp3) is 0. The molecule has 0 aliphatic carbocycles. The Balaban J connectivity index is 0.000000115. The summed E-state index contributed by atoms with van der Waals surface area (Å²) < 4.78 is 9.64. The fourth-order valence-corrected chi connectivity index (χ4v) is 14.8. The SMILES string of the molecule is Brc1ccc2c3cccnc3n(-c3cc(-c4ccccn4)nc(-c4ccccn4)c3)c2c1.Brc1ccc2c3cccnc3n(-c3cccc(-c4cc(-c5ccccc5)nc(-c5ccccc5)n4)c3)c2c1.Brc1ccc2c3cccnc3n(-c3cccc(-c4nc(-c5ccccc5)nc(-c5ccccc5)n4)c3)c2c1. The van der Waals surface area contributed by atoms with E-state index in [1.54, 1.807) is 12.4 Å². The van der Waals surface area contributed by atoms with Crippen molar-refractivity contribution in [3.05, 3.63) is 360 Å². The summed E-state index contributed by atoms with van der Waals surface area (Å²) in [5.41, 5.74) is 19.7. The van der Waals surface area contributed by atoms with E-state index in [0.29, 0.717) is 23.3 Å². The molecule has 14 nitrogen and oxygen atoms in total. The zero-order valence-corrected chi connectivity index (χ0v) is 62.1. The van der Waals surface area contributed by atoms with Crippen molar-refractivity contribution in [3.8, 4) is 108 Å². The van der Waals surface area contributed by atoms with Crippen molar-refractivity contribution in [2.24, 2.45) is 0 Å². The lowest BCUT2D eigenvalue weighted by atomic mass is 10.1. The van der Waals surface area contributed by atoms with Gasteiger partial charge in [-0.3, -0.25) is 23.7 Å². The van der Waals surface area contributed by atoms with E-state index in [9.17, 15) is 0 Å². The first kappa shape index (κ1) is 66.7. The van der Waals surface area contributed by atoms with Gasteiger partial charge >= 0.3 is 0 Å². The van der Waals surface area contributed by atoms with Crippen LogP contribution in [0.5, 0.6) is 0 Å². The van der Waals surface area contributed by atoms with Crippen molar-refractivity contribution < 1.29 is 0 Å². The van der Waals surface area contributed by atoms with Gasteiger partial charge in [-0.25, -0.2) is 44.9 Å². The van der Waals surface area contributed by atoms with Crippen molar-refractivity contribution >= 4 is 114 Å². The van der Waals surface area contributed by atoms with Gasteiger partial charge in [0.1, 0.15) is 16.9 Å². The van der Waals surface area contributed by atoms with Crippen LogP contribution in [0.1, 0.15) is 0 Å². The van der Waals surface area contributed by atoms with Crippen LogP contribution in [-0.4, -0.2) is 68.5 Å². The third kappa shape index (κ3) is 13.3. The minimum atomic E-state index is 0.620. The van der Waals surface area contributed by atoms with E-state index in [4.69, 9.17) is 44.9 Å². The molecule has 0 bridgehead atoms. The summed E-state index contributed by atoms with van der Waals surface area (Å²) in [5.74, 6) is 2.61. The first-order chi connectivity index (χ1) is 53.3. The third-order valence-corrected chi connectivity index (χ3v) is 20.2. The van der Waals surface area contributed by atoms with Gasteiger partial charge in [-0.1, -0.05) is 224 Å². The molecule has 0 aliphatic heterocycles. The lowest BCUT2D eigenvalue weighted by Gasteiger charge is -2.12. The average Bonchev–Trinajstić information content (AvgIpc) is 1.79.